The summed E-state index contributed by atoms with van der Waals surface area (Å²) in [5.41, 5.74) is 5.38. The molecule has 1 aromatic rings. The first-order chi connectivity index (χ1) is 6.59. The lowest BCUT2D eigenvalue weighted by molar-refractivity contribution is -0.117. The number of hydrogen-bond acceptors (Lipinski definition) is 3. The van der Waals surface area contributed by atoms with Gasteiger partial charge in [-0.1, -0.05) is 0 Å². The number of nitrogens with one attached hydrogen (secondary N) is 1. The zero-order valence-corrected chi connectivity index (χ0v) is 7.86. The molecule has 6 heteroatoms. The van der Waals surface area contributed by atoms with Crippen molar-refractivity contribution >= 4 is 11.8 Å². The number of aromatic nitrogens is 2. The number of carbonyl (C=O) groups is 2. The molecule has 14 heavy (non-hydrogen) atoms. The van der Waals surface area contributed by atoms with Gasteiger partial charge in [-0.05, 0) is 0 Å². The molecule has 1 aromatic heterocycles. The second-order valence-corrected chi connectivity index (χ2v) is 2.87. The fraction of sp³-hybridized carbons (Fsp3) is 0.375. The van der Waals surface area contributed by atoms with Crippen LogP contribution in [0.2, 0.25) is 0 Å². The second-order valence-electron chi connectivity index (χ2n) is 2.87. The Hall–Kier alpha value is -1.85. The van der Waals surface area contributed by atoms with Crippen LogP contribution in [0.15, 0.2) is 12.4 Å². The van der Waals surface area contributed by atoms with Gasteiger partial charge in [0, 0.05) is 26.2 Å². The Labute approximate surface area is 81.1 Å². The van der Waals surface area contributed by atoms with Crippen molar-refractivity contribution in [2.75, 3.05) is 6.54 Å². The number of primary amides is 1. The summed E-state index contributed by atoms with van der Waals surface area (Å²) in [5.74, 6) is -0.684. The van der Waals surface area contributed by atoms with Gasteiger partial charge in [-0.2, -0.15) is 5.10 Å². The third-order valence-corrected chi connectivity index (χ3v) is 1.62. The largest absolute Gasteiger partial charge is 0.370 e. The van der Waals surface area contributed by atoms with E-state index in [4.69, 9.17) is 5.73 Å². The lowest BCUT2D eigenvalue weighted by Crippen LogP contribution is -2.27. The van der Waals surface area contributed by atoms with Crippen molar-refractivity contribution in [2.24, 2.45) is 12.8 Å². The van der Waals surface area contributed by atoms with Crippen molar-refractivity contribution in [3.8, 4) is 0 Å². The van der Waals surface area contributed by atoms with Gasteiger partial charge in [0.15, 0.2) is 0 Å². The predicted molar refractivity (Wildman–Crippen MR) is 49.4 cm³/mol. The zero-order valence-electron chi connectivity index (χ0n) is 7.86. The predicted octanol–water partition coefficient (Wildman–Crippen LogP) is -0.975. The molecule has 0 saturated heterocycles. The summed E-state index contributed by atoms with van der Waals surface area (Å²) in [7, 11) is 1.72. The first kappa shape index (κ1) is 10.2. The van der Waals surface area contributed by atoms with E-state index in [9.17, 15) is 9.59 Å². The molecule has 0 unspecified atom stereocenters. The number of amides is 2. The highest BCUT2D eigenvalue weighted by Crippen LogP contribution is 1.95. The van der Waals surface area contributed by atoms with Crippen molar-refractivity contribution in [1.82, 2.24) is 15.1 Å². The molecule has 0 fully saturated rings. The van der Waals surface area contributed by atoms with Crippen LogP contribution in [0.25, 0.3) is 0 Å². The van der Waals surface area contributed by atoms with Gasteiger partial charge >= 0.3 is 0 Å². The SMILES string of the molecule is Cn1cc(C(=O)NCCC(N)=O)cn1. The van der Waals surface area contributed by atoms with Gasteiger partial charge in [0.2, 0.25) is 5.91 Å². The fourth-order valence-electron chi connectivity index (χ4n) is 0.940. The molecule has 0 saturated carbocycles. The van der Waals surface area contributed by atoms with Gasteiger partial charge in [0.1, 0.15) is 0 Å². The Morgan fingerprint density at radius 3 is 2.86 bits per heavy atom. The van der Waals surface area contributed by atoms with Gasteiger partial charge in [-0.25, -0.2) is 0 Å². The molecule has 0 aliphatic heterocycles. The van der Waals surface area contributed by atoms with Gasteiger partial charge in [0.05, 0.1) is 11.8 Å². The summed E-state index contributed by atoms with van der Waals surface area (Å²) in [6, 6.07) is 0. The smallest absolute Gasteiger partial charge is 0.254 e. The Kier molecular flexibility index (Phi) is 3.22. The van der Waals surface area contributed by atoms with E-state index >= 15 is 0 Å². The van der Waals surface area contributed by atoms with Crippen LogP contribution in [0.4, 0.5) is 0 Å². The summed E-state index contributed by atoms with van der Waals surface area (Å²) in [4.78, 5) is 21.7. The Bertz CT molecular complexity index is 345. The van der Waals surface area contributed by atoms with Crippen LogP contribution in [0.5, 0.6) is 0 Å². The lowest BCUT2D eigenvalue weighted by atomic mass is 10.3. The molecule has 3 N–H and O–H groups in total. The topological polar surface area (TPSA) is 90.0 Å². The van der Waals surface area contributed by atoms with Crippen molar-refractivity contribution in [2.45, 2.75) is 6.42 Å². The van der Waals surface area contributed by atoms with E-state index < -0.39 is 5.91 Å². The summed E-state index contributed by atoms with van der Waals surface area (Å²) in [6.45, 7) is 0.253. The average Bonchev–Trinajstić information content (AvgIpc) is 2.51. The third-order valence-electron chi connectivity index (χ3n) is 1.62. The first-order valence-corrected chi connectivity index (χ1v) is 4.14. The van der Waals surface area contributed by atoms with E-state index in [0.29, 0.717) is 5.56 Å². The third kappa shape index (κ3) is 2.89. The molecule has 76 valence electrons. The van der Waals surface area contributed by atoms with Crippen LogP contribution in [0.3, 0.4) is 0 Å². The zero-order chi connectivity index (χ0) is 10.6. The van der Waals surface area contributed by atoms with E-state index in [1.807, 2.05) is 0 Å². The van der Waals surface area contributed by atoms with Crippen LogP contribution in [0, 0.1) is 0 Å². The van der Waals surface area contributed by atoms with Crippen LogP contribution in [-0.4, -0.2) is 28.1 Å². The maximum absolute atomic E-state index is 11.3. The summed E-state index contributed by atoms with van der Waals surface area (Å²) in [6.07, 6.45) is 3.20. The number of hydrogen-bond donors (Lipinski definition) is 2. The molecule has 0 radical (unpaired) electrons. The Balaban J connectivity index is 2.39. The Morgan fingerprint density at radius 2 is 2.36 bits per heavy atom. The Morgan fingerprint density at radius 1 is 1.64 bits per heavy atom. The molecule has 1 rings (SSSR count). The van der Waals surface area contributed by atoms with E-state index in [1.54, 1.807) is 13.2 Å². The highest BCUT2D eigenvalue weighted by Gasteiger charge is 2.06. The molecule has 0 bridgehead atoms. The average molecular weight is 196 g/mol. The number of nitrogens with zero attached hydrogens (tertiary/aromatic N) is 2. The number of carbonyl (C=O) groups excluding carboxylic acids is 2. The molecule has 0 aliphatic rings. The van der Waals surface area contributed by atoms with Crippen molar-refractivity contribution in [3.05, 3.63) is 18.0 Å². The van der Waals surface area contributed by atoms with Crippen molar-refractivity contribution in [1.29, 1.82) is 0 Å². The second kappa shape index (κ2) is 4.40. The molecule has 1 heterocycles. The van der Waals surface area contributed by atoms with Crippen LogP contribution in [-0.2, 0) is 11.8 Å². The number of nitrogens with two attached hydrogens (primary N) is 1. The minimum Gasteiger partial charge on any atom is -0.370 e. The van der Waals surface area contributed by atoms with E-state index in [0.717, 1.165) is 0 Å². The molecular formula is C8H12N4O2. The number of rotatable bonds is 4. The molecule has 0 aromatic carbocycles. The van der Waals surface area contributed by atoms with Crippen LogP contribution >= 0.6 is 0 Å². The molecule has 2 amide bonds. The lowest BCUT2D eigenvalue weighted by Gasteiger charge is -2.00. The van der Waals surface area contributed by atoms with Gasteiger partial charge in [-0.3, -0.25) is 14.3 Å². The first-order valence-electron chi connectivity index (χ1n) is 4.14. The maximum atomic E-state index is 11.3. The molecular weight excluding hydrogens is 184 g/mol. The standard InChI is InChI=1S/C8H12N4O2/c1-12-5-6(4-11-12)8(14)10-3-2-7(9)13/h4-5H,2-3H2,1H3,(H2,9,13)(H,10,14). The van der Waals surface area contributed by atoms with Gasteiger partial charge in [-0.15, -0.1) is 0 Å². The molecule has 0 aliphatic carbocycles. The van der Waals surface area contributed by atoms with Gasteiger partial charge < -0.3 is 11.1 Å². The molecule has 6 nitrogen and oxygen atoms in total. The van der Waals surface area contributed by atoms with Crippen molar-refractivity contribution < 1.29 is 9.59 Å². The van der Waals surface area contributed by atoms with E-state index in [-0.39, 0.29) is 18.9 Å². The highest BCUT2D eigenvalue weighted by atomic mass is 16.2. The molecule has 0 atom stereocenters. The monoisotopic (exact) mass is 196 g/mol. The van der Waals surface area contributed by atoms with Gasteiger partial charge in [0.25, 0.3) is 5.91 Å². The normalized spacial score (nSPS) is 9.79. The van der Waals surface area contributed by atoms with E-state index in [1.165, 1.54) is 10.9 Å². The summed E-state index contributed by atoms with van der Waals surface area (Å²) < 4.78 is 1.53. The highest BCUT2D eigenvalue weighted by molar-refractivity contribution is 5.93. The number of aryl methyl sites for hydroxylation is 1. The molecule has 0 spiro atoms. The van der Waals surface area contributed by atoms with E-state index in [2.05, 4.69) is 10.4 Å². The minimum atomic E-state index is -0.434. The van der Waals surface area contributed by atoms with Crippen LogP contribution in [0.1, 0.15) is 16.8 Å². The fourth-order valence-corrected chi connectivity index (χ4v) is 0.940. The van der Waals surface area contributed by atoms with Crippen LogP contribution < -0.4 is 11.1 Å². The summed E-state index contributed by atoms with van der Waals surface area (Å²) in [5, 5.41) is 6.40. The minimum absolute atomic E-state index is 0.145. The van der Waals surface area contributed by atoms with Crippen molar-refractivity contribution in [3.63, 3.8) is 0 Å². The maximum Gasteiger partial charge on any atom is 0.254 e. The summed E-state index contributed by atoms with van der Waals surface area (Å²) >= 11 is 0. The quantitative estimate of drug-likeness (QED) is 0.648.